The van der Waals surface area contributed by atoms with Crippen LogP contribution in [-0.4, -0.2) is 14.1 Å². The van der Waals surface area contributed by atoms with Gasteiger partial charge in [-0.25, -0.2) is 4.98 Å². The fourth-order valence-electron chi connectivity index (χ4n) is 11.9. The number of aromatic nitrogens is 4. The molecule has 0 unspecified atom stereocenters. The van der Waals surface area contributed by atoms with Crippen LogP contribution in [0, 0.1) is 18.5 Å². The molecule has 0 atom stereocenters. The first-order chi connectivity index (χ1) is 41.0. The number of fused-ring (bicyclic) bond motifs is 13. The minimum atomic E-state index is -0.450. The first kappa shape index (κ1) is 44.7. The Morgan fingerprint density at radius 3 is 2.01 bits per heavy atom. The maximum absolute atomic E-state index is 9.50. The average Bonchev–Trinajstić information content (AvgIpc) is 1.68. The molecular weight excluding hydrogens is 1170 g/mol. The van der Waals surface area contributed by atoms with Crippen LogP contribution in [0.2, 0.25) is 0 Å². The van der Waals surface area contributed by atoms with Crippen molar-refractivity contribution in [2.45, 2.75) is 52.4 Å². The predicted molar refractivity (Wildman–Crippen MR) is 325 cm³/mol. The van der Waals surface area contributed by atoms with Crippen LogP contribution in [0.3, 0.4) is 0 Å². The van der Waals surface area contributed by atoms with Gasteiger partial charge in [-0.15, -0.1) is 29.7 Å². The number of benzene rings is 10. The number of para-hydroxylation sites is 3. The molecule has 7 heteroatoms. The molecule has 6 nitrogen and oxygen atoms in total. The number of nitrogens with zero attached hydrogens (tertiary/aromatic N) is 4. The minimum Gasteiger partial charge on any atom is -0.510 e. The van der Waals surface area contributed by atoms with Gasteiger partial charge in [0.2, 0.25) is 0 Å². The van der Waals surface area contributed by atoms with E-state index in [0.29, 0.717) is 28.3 Å². The Morgan fingerprint density at radius 1 is 0.519 bits per heavy atom. The number of hydrogen-bond acceptors (Lipinski definition) is 3. The van der Waals surface area contributed by atoms with Gasteiger partial charge in [0.05, 0.1) is 23.6 Å². The molecule has 0 amide bonds. The minimum absolute atomic E-state index is 0. The summed E-state index contributed by atoms with van der Waals surface area (Å²) in [6, 6.07) is 67.5. The van der Waals surface area contributed by atoms with Gasteiger partial charge in [0.1, 0.15) is 17.0 Å². The molecule has 0 spiro atoms. The Balaban J connectivity index is 0.00000653. The third-order valence-electron chi connectivity index (χ3n) is 15.8. The topological polar surface area (TPSA) is 49.0 Å². The summed E-state index contributed by atoms with van der Waals surface area (Å²) in [7, 11) is 0. The molecule has 5 heterocycles. The number of rotatable bonds is 6. The van der Waals surface area contributed by atoms with E-state index in [1.807, 2.05) is 89.6 Å². The first-order valence-electron chi connectivity index (χ1n) is 29.5. The zero-order valence-corrected chi connectivity index (χ0v) is 47.6. The maximum Gasteiger partial charge on any atom is 0.268 e. The summed E-state index contributed by atoms with van der Waals surface area (Å²) in [6.45, 7) is 13.2. The second kappa shape index (κ2) is 19.0. The summed E-state index contributed by atoms with van der Waals surface area (Å²) in [5.41, 5.74) is 15.8. The summed E-state index contributed by atoms with van der Waals surface area (Å²) in [6.07, 6.45) is 5.80. The van der Waals surface area contributed by atoms with Gasteiger partial charge in [0, 0.05) is 55.1 Å². The molecule has 0 radical (unpaired) electrons. The van der Waals surface area contributed by atoms with Crippen molar-refractivity contribution in [3.8, 4) is 84.3 Å². The number of imidazole rings is 1. The molecule has 394 valence electrons. The molecule has 4 aromatic heterocycles. The standard InChI is InChI=1S/C74H54N4O2.Pt/c1-73(2,3)48-37-38-75-69(42-48)78-64-30-14-12-25-56(64)57-35-34-52(44-66(57)78)79-51-22-16-21-50(43-51)76-45-77-71-61(47-33-36-68-62(39-47)58-26-13-15-32-67(58)80-68)40-49(74(4,5)6)41-63(71)70-53(46-19-8-7-9-20-46)27-17-28-59(70)54-23-10-11-24-55(54)60-29-18-31-65(76)72(60)77;/h7-42H,1-6H3;/q-2;/i7D,8D,9D,19D,20D;. The molecule has 10 aromatic carbocycles. The molecule has 0 N–H and O–H groups in total. The Hall–Kier alpha value is -9.09. The Bertz CT molecular complexity index is 5130. The molecule has 0 fully saturated rings. The monoisotopic (exact) mass is 1230 g/mol. The van der Waals surface area contributed by atoms with Gasteiger partial charge in [-0.05, 0) is 125 Å². The van der Waals surface area contributed by atoms with Crippen molar-refractivity contribution < 1.29 is 41.6 Å². The number of pyridine rings is 1. The molecule has 0 aliphatic carbocycles. The van der Waals surface area contributed by atoms with Gasteiger partial charge >= 0.3 is 0 Å². The summed E-state index contributed by atoms with van der Waals surface area (Å²) in [4.78, 5) is 4.89. The predicted octanol–water partition coefficient (Wildman–Crippen LogP) is 18.7. The molecule has 81 heavy (non-hydrogen) atoms. The number of ether oxygens (including phenoxy) is 1. The Kier molecular flexibility index (Phi) is 10.5. The van der Waals surface area contributed by atoms with Crippen molar-refractivity contribution in [3.05, 3.63) is 248 Å². The SMILES string of the molecule is [2H]c1c([2H])c([2H])c(-c2cccc3c2-c2cc(C(C)(C)C)cc(-c4ccc5oc6ccccc6c5c4)c2-[n+]2[c-]n(-c4[c-]c(Oc5[c-]c6c(cc5)c5ccccc5n6-c5cc(C(C)(C)C)ccn5)ccc4)c4cccc(c42)-c2ccccc2-3)c([2H])c1[2H].[Pt]. The molecule has 0 saturated heterocycles. The van der Waals surface area contributed by atoms with Crippen molar-refractivity contribution in [1.29, 1.82) is 0 Å². The van der Waals surface area contributed by atoms with Crippen molar-refractivity contribution in [2.24, 2.45) is 0 Å². The molecule has 1 aliphatic rings. The molecule has 1 aliphatic heterocycles. The van der Waals surface area contributed by atoms with E-state index in [0.717, 1.165) is 111 Å². The first-order valence-corrected chi connectivity index (χ1v) is 27.0. The molecule has 0 bridgehead atoms. The van der Waals surface area contributed by atoms with Crippen LogP contribution < -0.4 is 9.30 Å². The van der Waals surface area contributed by atoms with E-state index in [-0.39, 0.29) is 44.1 Å². The summed E-state index contributed by atoms with van der Waals surface area (Å²) < 4.78 is 65.2. The average molecular weight is 1230 g/mol. The number of furan rings is 1. The summed E-state index contributed by atoms with van der Waals surface area (Å²) in [5, 5.41) is 4.08. The van der Waals surface area contributed by atoms with Gasteiger partial charge in [0.15, 0.2) is 0 Å². The van der Waals surface area contributed by atoms with Gasteiger partial charge in [-0.1, -0.05) is 193 Å². The second-order valence-electron chi connectivity index (χ2n) is 22.8. The third kappa shape index (κ3) is 8.26. The van der Waals surface area contributed by atoms with Crippen LogP contribution >= 0.6 is 0 Å². The van der Waals surface area contributed by atoms with Crippen LogP contribution in [0.15, 0.2) is 223 Å². The molecule has 15 rings (SSSR count). The van der Waals surface area contributed by atoms with E-state index in [1.54, 1.807) is 0 Å². The zero-order valence-electron chi connectivity index (χ0n) is 50.3. The normalized spacial score (nSPS) is 13.1. The van der Waals surface area contributed by atoms with E-state index in [4.69, 9.17) is 18.3 Å². The van der Waals surface area contributed by atoms with Crippen molar-refractivity contribution in [3.63, 3.8) is 0 Å². The van der Waals surface area contributed by atoms with Crippen LogP contribution in [0.1, 0.15) is 59.5 Å². The van der Waals surface area contributed by atoms with Crippen molar-refractivity contribution in [1.82, 2.24) is 14.1 Å². The quantitative estimate of drug-likeness (QED) is 0.123. The largest absolute Gasteiger partial charge is 0.510 e. The molecular formula is C74H54N4O2Pt-2. The smallest absolute Gasteiger partial charge is 0.268 e. The zero-order chi connectivity index (χ0) is 58.4. The number of hydrogen-bond donors (Lipinski definition) is 0. The Morgan fingerprint density at radius 2 is 1.19 bits per heavy atom. The molecule has 14 aromatic rings. The van der Waals surface area contributed by atoms with Crippen LogP contribution in [-0.2, 0) is 31.9 Å². The van der Waals surface area contributed by atoms with E-state index in [1.165, 1.54) is 5.56 Å². The van der Waals surface area contributed by atoms with Crippen molar-refractivity contribution in [2.75, 3.05) is 0 Å². The van der Waals surface area contributed by atoms with Gasteiger partial charge in [0.25, 0.3) is 6.33 Å². The van der Waals surface area contributed by atoms with Gasteiger partial charge in [-0.3, -0.25) is 4.57 Å². The van der Waals surface area contributed by atoms with E-state index >= 15 is 0 Å². The third-order valence-corrected chi connectivity index (χ3v) is 15.8. The van der Waals surface area contributed by atoms with E-state index in [2.05, 4.69) is 172 Å². The fraction of sp³-hybridized carbons (Fsp3) is 0.108. The van der Waals surface area contributed by atoms with E-state index < -0.39 is 23.5 Å². The van der Waals surface area contributed by atoms with E-state index in [9.17, 15) is 2.74 Å². The summed E-state index contributed by atoms with van der Waals surface area (Å²) >= 11 is 0. The van der Waals surface area contributed by atoms with Gasteiger partial charge in [-0.2, -0.15) is 18.2 Å². The fourth-order valence-corrected chi connectivity index (χ4v) is 11.9. The van der Waals surface area contributed by atoms with Crippen LogP contribution in [0.5, 0.6) is 11.5 Å². The summed E-state index contributed by atoms with van der Waals surface area (Å²) in [5.74, 6) is 1.79. The van der Waals surface area contributed by atoms with Gasteiger partial charge < -0.3 is 18.3 Å². The maximum atomic E-state index is 9.50. The Labute approximate surface area is 492 Å². The molecule has 0 saturated carbocycles. The van der Waals surface area contributed by atoms with Crippen LogP contribution in [0.4, 0.5) is 0 Å². The second-order valence-corrected chi connectivity index (χ2v) is 22.8. The van der Waals surface area contributed by atoms with Crippen molar-refractivity contribution >= 4 is 54.8 Å². The van der Waals surface area contributed by atoms with Crippen LogP contribution in [0.25, 0.3) is 128 Å².